The Morgan fingerprint density at radius 1 is 1.56 bits per heavy atom. The molecule has 1 fully saturated rings. The van der Waals surface area contributed by atoms with Crippen LogP contribution in [0.25, 0.3) is 10.4 Å². The van der Waals surface area contributed by atoms with Crippen LogP contribution < -0.4 is 5.73 Å². The van der Waals surface area contributed by atoms with Gasteiger partial charge in [-0.1, -0.05) is 19.9 Å². The fourth-order valence-electron chi connectivity index (χ4n) is 2.26. The molecular weight excluding hydrogens is 218 g/mol. The third-order valence-electron chi connectivity index (χ3n) is 3.45. The van der Waals surface area contributed by atoms with Gasteiger partial charge in [-0.3, -0.25) is 5.10 Å². The SMILES string of the molecule is CC1(C)CC1c1[nH]nc(N)c1-c1cccs1. The van der Waals surface area contributed by atoms with Crippen LogP contribution in [0.15, 0.2) is 17.5 Å². The maximum absolute atomic E-state index is 5.95. The van der Waals surface area contributed by atoms with E-state index in [1.165, 1.54) is 17.0 Å². The first-order valence-corrected chi connectivity index (χ1v) is 6.35. The second-order valence-corrected chi connectivity index (χ2v) is 6.07. The molecule has 0 radical (unpaired) electrons. The zero-order valence-electron chi connectivity index (χ0n) is 9.45. The summed E-state index contributed by atoms with van der Waals surface area (Å²) in [6.07, 6.45) is 1.22. The third kappa shape index (κ3) is 1.37. The molecule has 0 bridgehead atoms. The monoisotopic (exact) mass is 233 g/mol. The topological polar surface area (TPSA) is 54.7 Å². The van der Waals surface area contributed by atoms with E-state index in [2.05, 4.69) is 35.5 Å². The van der Waals surface area contributed by atoms with Crippen LogP contribution in [0.3, 0.4) is 0 Å². The average Bonchev–Trinajstić information content (AvgIpc) is 2.67. The van der Waals surface area contributed by atoms with Crippen molar-refractivity contribution in [2.24, 2.45) is 5.41 Å². The van der Waals surface area contributed by atoms with Gasteiger partial charge in [0.05, 0.1) is 5.56 Å². The van der Waals surface area contributed by atoms with E-state index in [-0.39, 0.29) is 0 Å². The van der Waals surface area contributed by atoms with Crippen molar-refractivity contribution in [2.75, 3.05) is 5.73 Å². The first-order chi connectivity index (χ1) is 7.59. The molecule has 0 saturated heterocycles. The molecule has 0 spiro atoms. The van der Waals surface area contributed by atoms with Gasteiger partial charge >= 0.3 is 0 Å². The van der Waals surface area contributed by atoms with Gasteiger partial charge in [-0.05, 0) is 23.3 Å². The van der Waals surface area contributed by atoms with Gasteiger partial charge in [-0.2, -0.15) is 5.10 Å². The van der Waals surface area contributed by atoms with Crippen molar-refractivity contribution in [3.63, 3.8) is 0 Å². The number of nitrogens with one attached hydrogen (secondary N) is 1. The summed E-state index contributed by atoms with van der Waals surface area (Å²) >= 11 is 1.71. The maximum atomic E-state index is 5.95. The van der Waals surface area contributed by atoms with E-state index in [0.29, 0.717) is 17.2 Å². The molecule has 2 heterocycles. The highest BCUT2D eigenvalue weighted by Crippen LogP contribution is 2.60. The van der Waals surface area contributed by atoms with E-state index in [1.54, 1.807) is 11.3 Å². The minimum absolute atomic E-state index is 0.394. The molecule has 84 valence electrons. The molecule has 1 saturated carbocycles. The second kappa shape index (κ2) is 3.10. The number of H-pyrrole nitrogens is 1. The Kier molecular flexibility index (Phi) is 1.92. The molecule has 3 nitrogen and oxygen atoms in total. The Hall–Kier alpha value is -1.29. The van der Waals surface area contributed by atoms with Gasteiger partial charge in [0.15, 0.2) is 5.82 Å². The first-order valence-electron chi connectivity index (χ1n) is 5.47. The van der Waals surface area contributed by atoms with Crippen LogP contribution in [0, 0.1) is 5.41 Å². The van der Waals surface area contributed by atoms with E-state index in [0.717, 1.165) is 5.56 Å². The van der Waals surface area contributed by atoms with Crippen LogP contribution in [0.2, 0.25) is 0 Å². The van der Waals surface area contributed by atoms with E-state index >= 15 is 0 Å². The molecule has 16 heavy (non-hydrogen) atoms. The van der Waals surface area contributed by atoms with Gasteiger partial charge in [0.2, 0.25) is 0 Å². The Morgan fingerprint density at radius 3 is 2.88 bits per heavy atom. The highest BCUT2D eigenvalue weighted by atomic mass is 32.1. The van der Waals surface area contributed by atoms with Crippen molar-refractivity contribution in [3.05, 3.63) is 23.2 Å². The Balaban J connectivity index is 2.08. The normalized spacial score (nSPS) is 22.2. The second-order valence-electron chi connectivity index (χ2n) is 5.12. The number of nitrogens with two attached hydrogens (primary N) is 1. The number of hydrogen-bond acceptors (Lipinski definition) is 3. The average molecular weight is 233 g/mol. The molecule has 1 unspecified atom stereocenters. The lowest BCUT2D eigenvalue weighted by Gasteiger charge is -2.03. The van der Waals surface area contributed by atoms with Crippen LogP contribution in [0.4, 0.5) is 5.82 Å². The lowest BCUT2D eigenvalue weighted by molar-refractivity contribution is 0.615. The van der Waals surface area contributed by atoms with Crippen molar-refractivity contribution in [1.29, 1.82) is 0 Å². The summed E-state index contributed by atoms with van der Waals surface area (Å²) in [6, 6.07) is 4.15. The van der Waals surface area contributed by atoms with Crippen LogP contribution in [-0.2, 0) is 0 Å². The fraction of sp³-hybridized carbons (Fsp3) is 0.417. The van der Waals surface area contributed by atoms with E-state index in [9.17, 15) is 0 Å². The molecule has 1 aliphatic rings. The molecule has 1 atom stereocenters. The maximum Gasteiger partial charge on any atom is 0.154 e. The van der Waals surface area contributed by atoms with Crippen LogP contribution >= 0.6 is 11.3 Å². The molecule has 0 amide bonds. The Morgan fingerprint density at radius 2 is 2.31 bits per heavy atom. The van der Waals surface area contributed by atoms with E-state index in [4.69, 9.17) is 5.73 Å². The standard InChI is InChI=1S/C12H15N3S/c1-12(2)6-7(12)10-9(11(13)15-14-10)8-4-3-5-16-8/h3-5,7H,6H2,1-2H3,(H3,13,14,15). The van der Waals surface area contributed by atoms with E-state index in [1.807, 2.05) is 6.07 Å². The Bertz CT molecular complexity index is 510. The molecule has 3 N–H and O–H groups in total. The van der Waals surface area contributed by atoms with Crippen LogP contribution in [0.5, 0.6) is 0 Å². The van der Waals surface area contributed by atoms with Gasteiger partial charge in [0.1, 0.15) is 0 Å². The minimum atomic E-state index is 0.394. The van der Waals surface area contributed by atoms with Gasteiger partial charge < -0.3 is 5.73 Å². The largest absolute Gasteiger partial charge is 0.382 e. The molecule has 1 aliphatic carbocycles. The predicted molar refractivity (Wildman–Crippen MR) is 67.5 cm³/mol. The molecule has 3 rings (SSSR count). The zero-order valence-corrected chi connectivity index (χ0v) is 10.3. The number of aromatic nitrogens is 2. The summed E-state index contributed by atoms with van der Waals surface area (Å²) < 4.78 is 0. The number of anilines is 1. The molecule has 4 heteroatoms. The molecule has 0 aromatic carbocycles. The summed E-state index contributed by atoms with van der Waals surface area (Å²) in [6.45, 7) is 4.57. The first kappa shape index (κ1) is 9.90. The van der Waals surface area contributed by atoms with Crippen molar-refractivity contribution < 1.29 is 0 Å². The zero-order chi connectivity index (χ0) is 11.3. The quantitative estimate of drug-likeness (QED) is 0.836. The number of hydrogen-bond donors (Lipinski definition) is 2. The molecule has 0 aliphatic heterocycles. The van der Waals surface area contributed by atoms with Crippen molar-refractivity contribution >= 4 is 17.2 Å². The molecule has 2 aromatic rings. The van der Waals surface area contributed by atoms with Gasteiger partial charge in [-0.15, -0.1) is 11.3 Å². The van der Waals surface area contributed by atoms with E-state index < -0.39 is 0 Å². The van der Waals surface area contributed by atoms with Crippen LogP contribution in [-0.4, -0.2) is 10.2 Å². The predicted octanol–water partition coefficient (Wildman–Crippen LogP) is 3.23. The Labute approximate surface area is 98.7 Å². The number of rotatable bonds is 2. The highest BCUT2D eigenvalue weighted by molar-refractivity contribution is 7.13. The van der Waals surface area contributed by atoms with Crippen molar-refractivity contribution in [1.82, 2.24) is 10.2 Å². The fourth-order valence-corrected chi connectivity index (χ4v) is 3.06. The van der Waals surface area contributed by atoms with Crippen LogP contribution in [0.1, 0.15) is 31.9 Å². The number of thiophene rings is 1. The summed E-state index contributed by atoms with van der Waals surface area (Å²) in [5, 5.41) is 9.34. The van der Waals surface area contributed by atoms with Gasteiger partial charge in [0, 0.05) is 16.5 Å². The molecular formula is C12H15N3S. The van der Waals surface area contributed by atoms with Gasteiger partial charge in [-0.25, -0.2) is 0 Å². The summed E-state index contributed by atoms with van der Waals surface area (Å²) in [5.74, 6) is 1.20. The number of nitrogens with zero attached hydrogens (tertiary/aromatic N) is 1. The number of aromatic amines is 1. The third-order valence-corrected chi connectivity index (χ3v) is 4.34. The lowest BCUT2D eigenvalue weighted by atomic mass is 10.0. The highest BCUT2D eigenvalue weighted by Gasteiger charge is 2.49. The molecule has 2 aromatic heterocycles. The van der Waals surface area contributed by atoms with Crippen molar-refractivity contribution in [3.8, 4) is 10.4 Å². The number of nitrogen functional groups attached to an aromatic ring is 1. The minimum Gasteiger partial charge on any atom is -0.382 e. The summed E-state index contributed by atoms with van der Waals surface area (Å²) in [7, 11) is 0. The summed E-state index contributed by atoms with van der Waals surface area (Å²) in [4.78, 5) is 1.21. The summed E-state index contributed by atoms with van der Waals surface area (Å²) in [5.41, 5.74) is 8.67. The smallest absolute Gasteiger partial charge is 0.154 e. The van der Waals surface area contributed by atoms with Gasteiger partial charge in [0.25, 0.3) is 0 Å². The lowest BCUT2D eigenvalue weighted by Crippen LogP contribution is -1.92. The van der Waals surface area contributed by atoms with Crippen molar-refractivity contribution in [2.45, 2.75) is 26.2 Å².